The second kappa shape index (κ2) is 5.45. The van der Waals surface area contributed by atoms with Gasteiger partial charge in [0, 0.05) is 25.6 Å². The van der Waals surface area contributed by atoms with Gasteiger partial charge in [0.15, 0.2) is 0 Å². The first-order chi connectivity index (χ1) is 7.08. The molecule has 0 aromatic carbocycles. The predicted molar refractivity (Wildman–Crippen MR) is 57.2 cm³/mol. The SMILES string of the molecule is CC1CCCCN1S(=O)(=O)NCCC#N. The number of nitrogens with one attached hydrogen (secondary N) is 1. The second-order valence-electron chi connectivity index (χ2n) is 3.76. The molecule has 0 spiro atoms. The van der Waals surface area contributed by atoms with Crippen molar-refractivity contribution in [1.82, 2.24) is 9.03 Å². The van der Waals surface area contributed by atoms with E-state index in [1.807, 2.05) is 13.0 Å². The van der Waals surface area contributed by atoms with Gasteiger partial charge in [-0.3, -0.25) is 0 Å². The minimum Gasteiger partial charge on any atom is -0.201 e. The summed E-state index contributed by atoms with van der Waals surface area (Å²) < 4.78 is 27.5. The highest BCUT2D eigenvalue weighted by Gasteiger charge is 2.28. The third-order valence-electron chi connectivity index (χ3n) is 2.57. The van der Waals surface area contributed by atoms with Crippen molar-refractivity contribution in [1.29, 1.82) is 5.26 Å². The molecule has 0 radical (unpaired) electrons. The summed E-state index contributed by atoms with van der Waals surface area (Å²) in [6, 6.07) is 1.98. The smallest absolute Gasteiger partial charge is 0.201 e. The molecule has 0 aromatic rings. The zero-order valence-electron chi connectivity index (χ0n) is 8.94. The average Bonchev–Trinajstić information content (AvgIpc) is 2.18. The maximum absolute atomic E-state index is 11.8. The van der Waals surface area contributed by atoms with Gasteiger partial charge in [-0.25, -0.2) is 4.72 Å². The van der Waals surface area contributed by atoms with E-state index in [0.717, 1.165) is 19.3 Å². The Morgan fingerprint density at radius 3 is 2.87 bits per heavy atom. The number of nitriles is 1. The van der Waals surface area contributed by atoms with Crippen molar-refractivity contribution in [3.05, 3.63) is 0 Å². The van der Waals surface area contributed by atoms with Gasteiger partial charge in [-0.15, -0.1) is 0 Å². The van der Waals surface area contributed by atoms with Crippen molar-refractivity contribution < 1.29 is 8.42 Å². The summed E-state index contributed by atoms with van der Waals surface area (Å²) in [5.74, 6) is 0. The van der Waals surface area contributed by atoms with Crippen LogP contribution in [0.4, 0.5) is 0 Å². The van der Waals surface area contributed by atoms with Crippen molar-refractivity contribution in [3.63, 3.8) is 0 Å². The summed E-state index contributed by atoms with van der Waals surface area (Å²) in [7, 11) is -3.37. The van der Waals surface area contributed by atoms with Crippen LogP contribution < -0.4 is 4.72 Å². The number of hydrogen-bond acceptors (Lipinski definition) is 3. The highest BCUT2D eigenvalue weighted by atomic mass is 32.2. The molecule has 1 aliphatic heterocycles. The van der Waals surface area contributed by atoms with Gasteiger partial charge in [0.1, 0.15) is 0 Å². The third-order valence-corrected chi connectivity index (χ3v) is 4.30. The zero-order chi connectivity index (χ0) is 11.3. The van der Waals surface area contributed by atoms with Crippen LogP contribution in [-0.4, -0.2) is 31.9 Å². The molecular weight excluding hydrogens is 214 g/mol. The maximum Gasteiger partial charge on any atom is 0.279 e. The Hall–Kier alpha value is -0.640. The summed E-state index contributed by atoms with van der Waals surface area (Å²) in [6.07, 6.45) is 3.13. The van der Waals surface area contributed by atoms with Crippen molar-refractivity contribution >= 4 is 10.2 Å². The first-order valence-electron chi connectivity index (χ1n) is 5.21. The molecule has 1 unspecified atom stereocenters. The molecule has 6 heteroatoms. The van der Waals surface area contributed by atoms with Crippen molar-refractivity contribution in [2.75, 3.05) is 13.1 Å². The van der Waals surface area contributed by atoms with Gasteiger partial charge in [0.25, 0.3) is 10.2 Å². The quantitative estimate of drug-likeness (QED) is 0.720. The number of rotatable bonds is 4. The van der Waals surface area contributed by atoms with E-state index in [1.54, 1.807) is 0 Å². The van der Waals surface area contributed by atoms with Crippen LogP contribution in [0.15, 0.2) is 0 Å². The normalized spacial score (nSPS) is 23.6. The predicted octanol–water partition coefficient (Wildman–Crippen LogP) is 0.609. The van der Waals surface area contributed by atoms with Gasteiger partial charge >= 0.3 is 0 Å². The lowest BCUT2D eigenvalue weighted by molar-refractivity contribution is 0.265. The Bertz CT molecular complexity index is 334. The van der Waals surface area contributed by atoms with E-state index >= 15 is 0 Å². The lowest BCUT2D eigenvalue weighted by Gasteiger charge is -2.32. The topological polar surface area (TPSA) is 73.2 Å². The Morgan fingerprint density at radius 2 is 2.27 bits per heavy atom. The highest BCUT2D eigenvalue weighted by Crippen LogP contribution is 2.18. The lowest BCUT2D eigenvalue weighted by Crippen LogP contribution is -2.48. The van der Waals surface area contributed by atoms with E-state index in [9.17, 15) is 8.42 Å². The van der Waals surface area contributed by atoms with E-state index in [2.05, 4.69) is 4.72 Å². The molecule has 1 rings (SSSR count). The van der Waals surface area contributed by atoms with Crippen LogP contribution in [0.2, 0.25) is 0 Å². The largest absolute Gasteiger partial charge is 0.279 e. The van der Waals surface area contributed by atoms with Crippen molar-refractivity contribution in [2.45, 2.75) is 38.6 Å². The Kier molecular flexibility index (Phi) is 4.51. The summed E-state index contributed by atoms with van der Waals surface area (Å²) in [4.78, 5) is 0. The maximum atomic E-state index is 11.8. The van der Waals surface area contributed by atoms with E-state index in [-0.39, 0.29) is 19.0 Å². The van der Waals surface area contributed by atoms with Gasteiger partial charge in [0.2, 0.25) is 0 Å². The average molecular weight is 231 g/mol. The minimum absolute atomic E-state index is 0.0679. The minimum atomic E-state index is -3.37. The Labute approximate surface area is 91.3 Å². The molecular formula is C9H17N3O2S. The summed E-state index contributed by atoms with van der Waals surface area (Å²) in [5, 5.41) is 8.33. The van der Waals surface area contributed by atoms with Crippen molar-refractivity contribution in [2.24, 2.45) is 0 Å². The zero-order valence-corrected chi connectivity index (χ0v) is 9.76. The standard InChI is InChI=1S/C9H17N3O2S/c1-9-5-2-3-8-12(9)15(13,14)11-7-4-6-10/h9,11H,2-5,7-8H2,1H3. The fourth-order valence-electron chi connectivity index (χ4n) is 1.75. The number of piperidine rings is 1. The molecule has 1 heterocycles. The lowest BCUT2D eigenvalue weighted by atomic mass is 10.1. The molecule has 1 aliphatic rings. The molecule has 1 fully saturated rings. The Morgan fingerprint density at radius 1 is 1.53 bits per heavy atom. The van der Waals surface area contributed by atoms with Crippen molar-refractivity contribution in [3.8, 4) is 6.07 Å². The molecule has 5 nitrogen and oxygen atoms in total. The van der Waals surface area contributed by atoms with Crippen LogP contribution in [0.5, 0.6) is 0 Å². The molecule has 1 atom stereocenters. The van der Waals surface area contributed by atoms with E-state index in [0.29, 0.717) is 6.54 Å². The van der Waals surface area contributed by atoms with Gasteiger partial charge in [-0.2, -0.15) is 18.0 Å². The third kappa shape index (κ3) is 3.45. The monoisotopic (exact) mass is 231 g/mol. The van der Waals surface area contributed by atoms with E-state index in [1.165, 1.54) is 4.31 Å². The van der Waals surface area contributed by atoms with Crippen LogP contribution in [0.1, 0.15) is 32.6 Å². The van der Waals surface area contributed by atoms with Gasteiger partial charge in [0.05, 0.1) is 6.07 Å². The van der Waals surface area contributed by atoms with Crippen LogP contribution in [-0.2, 0) is 10.2 Å². The van der Waals surface area contributed by atoms with Gasteiger partial charge in [-0.05, 0) is 19.8 Å². The molecule has 1 N–H and O–H groups in total. The molecule has 0 bridgehead atoms. The molecule has 1 saturated heterocycles. The van der Waals surface area contributed by atoms with Gasteiger partial charge in [-0.1, -0.05) is 6.42 Å². The highest BCUT2D eigenvalue weighted by molar-refractivity contribution is 7.87. The molecule has 0 aliphatic carbocycles. The Balaban J connectivity index is 2.56. The fourth-order valence-corrected chi connectivity index (χ4v) is 3.22. The van der Waals surface area contributed by atoms with Crippen LogP contribution >= 0.6 is 0 Å². The first-order valence-corrected chi connectivity index (χ1v) is 6.65. The summed E-state index contributed by atoms with van der Waals surface area (Å²) in [5.41, 5.74) is 0. The molecule has 86 valence electrons. The second-order valence-corrected chi connectivity index (χ2v) is 5.47. The molecule has 15 heavy (non-hydrogen) atoms. The first kappa shape index (κ1) is 12.4. The van der Waals surface area contributed by atoms with Crippen LogP contribution in [0, 0.1) is 11.3 Å². The van der Waals surface area contributed by atoms with Gasteiger partial charge < -0.3 is 0 Å². The fraction of sp³-hybridized carbons (Fsp3) is 0.889. The molecule has 0 saturated carbocycles. The van der Waals surface area contributed by atoms with Crippen LogP contribution in [0.25, 0.3) is 0 Å². The van der Waals surface area contributed by atoms with Crippen LogP contribution in [0.3, 0.4) is 0 Å². The molecule has 0 aromatic heterocycles. The summed E-state index contributed by atoms with van der Waals surface area (Å²) in [6.45, 7) is 2.70. The van der Waals surface area contributed by atoms with E-state index < -0.39 is 10.2 Å². The number of hydrogen-bond donors (Lipinski definition) is 1. The number of nitrogens with zero attached hydrogens (tertiary/aromatic N) is 2. The molecule has 0 amide bonds. The summed E-state index contributed by atoms with van der Waals surface area (Å²) >= 11 is 0. The van der Waals surface area contributed by atoms with E-state index in [4.69, 9.17) is 5.26 Å².